The molecule has 0 aliphatic rings. The van der Waals surface area contributed by atoms with Gasteiger partial charge in [-0.2, -0.15) is 4.39 Å². The van der Waals surface area contributed by atoms with Gasteiger partial charge in [-0.3, -0.25) is 0 Å². The van der Waals surface area contributed by atoms with E-state index in [4.69, 9.17) is 4.74 Å². The Hall–Kier alpha value is -1.05. The van der Waals surface area contributed by atoms with Crippen molar-refractivity contribution in [2.24, 2.45) is 0 Å². The summed E-state index contributed by atoms with van der Waals surface area (Å²) in [5.74, 6) is -2.06. The second-order valence-corrected chi connectivity index (χ2v) is 5.86. The Labute approximate surface area is 128 Å². The second kappa shape index (κ2) is 7.10. The quantitative estimate of drug-likeness (QED) is 0.792. The minimum atomic E-state index is -0.990. The van der Waals surface area contributed by atoms with Crippen molar-refractivity contribution in [2.75, 3.05) is 6.54 Å². The van der Waals surface area contributed by atoms with E-state index in [0.717, 1.165) is 17.6 Å². The fourth-order valence-electron chi connectivity index (χ4n) is 1.52. The third kappa shape index (κ3) is 3.97. The van der Waals surface area contributed by atoms with E-state index >= 15 is 0 Å². The van der Waals surface area contributed by atoms with E-state index in [-0.39, 0.29) is 12.4 Å². The standard InChI is InChI=1S/C13H13BrF2N2OS/c1-2-17-5-12-18-9(7-20-12)6-19-11-4-8(14)3-10(15)13(11)16/h3-4,7,17H,2,5-6H2,1H3. The molecule has 0 fully saturated rings. The number of benzene rings is 1. The molecule has 0 aliphatic carbocycles. The molecule has 0 atom stereocenters. The molecule has 2 rings (SSSR count). The number of aromatic nitrogens is 1. The Bertz CT molecular complexity index is 592. The summed E-state index contributed by atoms with van der Waals surface area (Å²) < 4.78 is 32.4. The zero-order valence-corrected chi connectivity index (χ0v) is 13.2. The minimum absolute atomic E-state index is 0.107. The number of nitrogens with zero attached hydrogens (tertiary/aromatic N) is 1. The molecule has 0 bridgehead atoms. The van der Waals surface area contributed by atoms with Crippen LogP contribution in [0.2, 0.25) is 0 Å². The first kappa shape index (κ1) is 15.3. The Morgan fingerprint density at radius 3 is 2.95 bits per heavy atom. The van der Waals surface area contributed by atoms with Gasteiger partial charge in [0.15, 0.2) is 11.6 Å². The molecule has 0 amide bonds. The van der Waals surface area contributed by atoms with Crippen molar-refractivity contribution in [2.45, 2.75) is 20.1 Å². The van der Waals surface area contributed by atoms with Crippen LogP contribution in [-0.4, -0.2) is 11.5 Å². The van der Waals surface area contributed by atoms with Gasteiger partial charge in [0.05, 0.1) is 5.69 Å². The van der Waals surface area contributed by atoms with E-state index < -0.39 is 11.6 Å². The molecule has 0 unspecified atom stereocenters. The lowest BCUT2D eigenvalue weighted by Crippen LogP contribution is -2.11. The lowest BCUT2D eigenvalue weighted by molar-refractivity contribution is 0.280. The van der Waals surface area contributed by atoms with Crippen LogP contribution in [0.5, 0.6) is 5.75 Å². The van der Waals surface area contributed by atoms with E-state index in [1.54, 1.807) is 0 Å². The van der Waals surface area contributed by atoms with E-state index in [0.29, 0.717) is 16.7 Å². The third-order valence-corrected chi connectivity index (χ3v) is 3.82. The van der Waals surface area contributed by atoms with Crippen LogP contribution in [0, 0.1) is 11.6 Å². The number of nitrogens with one attached hydrogen (secondary N) is 1. The van der Waals surface area contributed by atoms with Gasteiger partial charge in [-0.15, -0.1) is 11.3 Å². The van der Waals surface area contributed by atoms with E-state index in [1.807, 2.05) is 12.3 Å². The van der Waals surface area contributed by atoms with Crippen molar-refractivity contribution in [3.8, 4) is 5.75 Å². The highest BCUT2D eigenvalue weighted by molar-refractivity contribution is 9.10. The third-order valence-electron chi connectivity index (χ3n) is 2.46. The highest BCUT2D eigenvalue weighted by Gasteiger charge is 2.12. The molecule has 0 spiro atoms. The van der Waals surface area contributed by atoms with Gasteiger partial charge in [0.25, 0.3) is 0 Å². The highest BCUT2D eigenvalue weighted by Crippen LogP contribution is 2.26. The Morgan fingerprint density at radius 2 is 2.20 bits per heavy atom. The van der Waals surface area contributed by atoms with E-state index in [9.17, 15) is 8.78 Å². The van der Waals surface area contributed by atoms with Gasteiger partial charge in [0, 0.05) is 16.4 Å². The number of halogens is 3. The van der Waals surface area contributed by atoms with Gasteiger partial charge in [0.1, 0.15) is 11.6 Å². The van der Waals surface area contributed by atoms with Gasteiger partial charge in [-0.05, 0) is 18.7 Å². The van der Waals surface area contributed by atoms with E-state index in [1.165, 1.54) is 17.4 Å². The van der Waals surface area contributed by atoms with Gasteiger partial charge < -0.3 is 10.1 Å². The van der Waals surface area contributed by atoms with Crippen LogP contribution in [0.4, 0.5) is 8.78 Å². The second-order valence-electron chi connectivity index (χ2n) is 4.00. The maximum absolute atomic E-state index is 13.5. The predicted molar refractivity (Wildman–Crippen MR) is 77.9 cm³/mol. The number of thiazole rings is 1. The SMILES string of the molecule is CCNCc1nc(COc2cc(Br)cc(F)c2F)cs1. The van der Waals surface area contributed by atoms with Crippen LogP contribution < -0.4 is 10.1 Å². The molecule has 1 heterocycles. The topological polar surface area (TPSA) is 34.2 Å². The summed E-state index contributed by atoms with van der Waals surface area (Å²) in [6, 6.07) is 2.45. The van der Waals surface area contributed by atoms with Crippen molar-refractivity contribution in [3.05, 3.63) is 44.3 Å². The summed E-state index contributed by atoms with van der Waals surface area (Å²) in [6.07, 6.45) is 0. The van der Waals surface area contributed by atoms with Crippen LogP contribution in [0.3, 0.4) is 0 Å². The molecule has 3 nitrogen and oxygen atoms in total. The van der Waals surface area contributed by atoms with Crippen molar-refractivity contribution in [1.29, 1.82) is 0 Å². The van der Waals surface area contributed by atoms with Crippen LogP contribution in [0.15, 0.2) is 22.0 Å². The zero-order valence-electron chi connectivity index (χ0n) is 10.8. The average molecular weight is 363 g/mol. The summed E-state index contributed by atoms with van der Waals surface area (Å²) in [5.41, 5.74) is 0.697. The first-order valence-corrected chi connectivity index (χ1v) is 7.68. The fourth-order valence-corrected chi connectivity index (χ4v) is 2.67. The maximum Gasteiger partial charge on any atom is 0.200 e. The van der Waals surface area contributed by atoms with Crippen LogP contribution in [-0.2, 0) is 13.2 Å². The molecule has 108 valence electrons. The van der Waals surface area contributed by atoms with Crippen LogP contribution in [0.25, 0.3) is 0 Å². The minimum Gasteiger partial charge on any atom is -0.484 e. The van der Waals surface area contributed by atoms with Gasteiger partial charge in [0.2, 0.25) is 5.82 Å². The van der Waals surface area contributed by atoms with Gasteiger partial charge >= 0.3 is 0 Å². The monoisotopic (exact) mass is 362 g/mol. The average Bonchev–Trinajstić information content (AvgIpc) is 2.86. The smallest absolute Gasteiger partial charge is 0.200 e. The first-order chi connectivity index (χ1) is 9.60. The molecular formula is C13H13BrF2N2OS. The first-order valence-electron chi connectivity index (χ1n) is 6.01. The number of ether oxygens (including phenoxy) is 1. The Kier molecular flexibility index (Phi) is 5.45. The highest BCUT2D eigenvalue weighted by atomic mass is 79.9. The Balaban J connectivity index is 2.00. The van der Waals surface area contributed by atoms with Gasteiger partial charge in [-0.25, -0.2) is 9.37 Å². The van der Waals surface area contributed by atoms with Crippen molar-refractivity contribution in [1.82, 2.24) is 10.3 Å². The molecule has 2 aromatic rings. The summed E-state index contributed by atoms with van der Waals surface area (Å²) >= 11 is 4.60. The van der Waals surface area contributed by atoms with E-state index in [2.05, 4.69) is 26.2 Å². The van der Waals surface area contributed by atoms with Crippen LogP contribution >= 0.6 is 27.3 Å². The maximum atomic E-state index is 13.5. The summed E-state index contributed by atoms with van der Waals surface area (Å²) in [4.78, 5) is 4.34. The molecule has 0 aliphatic heterocycles. The molecule has 1 aromatic heterocycles. The lowest BCUT2D eigenvalue weighted by Gasteiger charge is -2.06. The zero-order chi connectivity index (χ0) is 14.5. The van der Waals surface area contributed by atoms with Gasteiger partial charge in [-0.1, -0.05) is 22.9 Å². The van der Waals surface area contributed by atoms with Crippen molar-refractivity contribution < 1.29 is 13.5 Å². The largest absolute Gasteiger partial charge is 0.484 e. The molecular weight excluding hydrogens is 350 g/mol. The number of rotatable bonds is 6. The molecule has 0 radical (unpaired) electrons. The molecule has 1 N–H and O–H groups in total. The predicted octanol–water partition coefficient (Wildman–Crippen LogP) is 3.87. The molecule has 0 saturated heterocycles. The molecule has 7 heteroatoms. The molecule has 1 aromatic carbocycles. The lowest BCUT2D eigenvalue weighted by atomic mass is 10.3. The number of hydrogen-bond acceptors (Lipinski definition) is 4. The number of hydrogen-bond donors (Lipinski definition) is 1. The summed E-state index contributed by atoms with van der Waals surface area (Å²) in [7, 11) is 0. The van der Waals surface area contributed by atoms with Crippen molar-refractivity contribution in [3.63, 3.8) is 0 Å². The Morgan fingerprint density at radius 1 is 1.40 bits per heavy atom. The molecule has 20 heavy (non-hydrogen) atoms. The summed E-state index contributed by atoms with van der Waals surface area (Å²) in [6.45, 7) is 3.69. The van der Waals surface area contributed by atoms with Crippen molar-refractivity contribution >= 4 is 27.3 Å². The molecule has 0 saturated carbocycles. The fraction of sp³-hybridized carbons (Fsp3) is 0.308. The normalized spacial score (nSPS) is 10.8. The summed E-state index contributed by atoms with van der Waals surface area (Å²) in [5, 5.41) is 5.95. The van der Waals surface area contributed by atoms with Crippen LogP contribution in [0.1, 0.15) is 17.6 Å².